The van der Waals surface area contributed by atoms with Gasteiger partial charge in [0.1, 0.15) is 11.3 Å². The van der Waals surface area contributed by atoms with E-state index < -0.39 is 11.7 Å². The van der Waals surface area contributed by atoms with E-state index in [9.17, 15) is 13.2 Å². The Hall–Kier alpha value is -2.88. The van der Waals surface area contributed by atoms with Gasteiger partial charge in [0.05, 0.1) is 17.4 Å². The van der Waals surface area contributed by atoms with Crippen LogP contribution in [0, 0.1) is 5.92 Å². The van der Waals surface area contributed by atoms with Crippen molar-refractivity contribution in [3.63, 3.8) is 0 Å². The zero-order chi connectivity index (χ0) is 19.2. The third kappa shape index (κ3) is 3.27. The van der Waals surface area contributed by atoms with E-state index in [0.29, 0.717) is 34.2 Å². The highest BCUT2D eigenvalue weighted by atomic mass is 19.4. The lowest BCUT2D eigenvalue weighted by Gasteiger charge is -2.33. The topological polar surface area (TPSA) is 105 Å². The van der Waals surface area contributed by atoms with Crippen molar-refractivity contribution in [2.24, 2.45) is 5.92 Å². The van der Waals surface area contributed by atoms with Gasteiger partial charge in [0.2, 0.25) is 5.95 Å². The third-order valence-electron chi connectivity index (χ3n) is 4.81. The second-order valence-electron chi connectivity index (χ2n) is 6.67. The molecule has 4 heterocycles. The predicted octanol–water partition coefficient (Wildman–Crippen LogP) is 2.64. The van der Waals surface area contributed by atoms with E-state index >= 15 is 0 Å². The van der Waals surface area contributed by atoms with Gasteiger partial charge in [-0.3, -0.25) is 0 Å². The van der Waals surface area contributed by atoms with Gasteiger partial charge in [-0.05, 0) is 13.0 Å². The molecule has 1 unspecified atom stereocenters. The quantitative estimate of drug-likeness (QED) is 0.557. The van der Waals surface area contributed by atoms with E-state index in [4.69, 9.17) is 5.73 Å². The van der Waals surface area contributed by atoms with E-state index in [2.05, 4.69) is 30.6 Å². The van der Waals surface area contributed by atoms with Gasteiger partial charge in [0.15, 0.2) is 0 Å². The zero-order valence-electron chi connectivity index (χ0n) is 14.4. The molecule has 3 aromatic heterocycles. The number of aromatic amines is 1. The van der Waals surface area contributed by atoms with Crippen molar-refractivity contribution in [1.29, 1.82) is 0 Å². The molecular formula is C17H18F3N7. The lowest BCUT2D eigenvalue weighted by Crippen LogP contribution is -2.50. The van der Waals surface area contributed by atoms with E-state index in [1.54, 1.807) is 6.20 Å². The molecule has 1 saturated heterocycles. The lowest BCUT2D eigenvalue weighted by atomic mass is 9.95. The number of nitrogens with zero attached hydrogens (tertiary/aromatic N) is 3. The number of H-pyrrole nitrogens is 1. The number of rotatable bonds is 4. The number of halogens is 3. The molecule has 0 aliphatic carbocycles. The van der Waals surface area contributed by atoms with Crippen LogP contribution >= 0.6 is 0 Å². The van der Waals surface area contributed by atoms with Crippen LogP contribution in [0.1, 0.15) is 12.5 Å². The molecule has 3 aromatic rings. The van der Waals surface area contributed by atoms with E-state index in [1.807, 2.05) is 6.92 Å². The van der Waals surface area contributed by atoms with Gasteiger partial charge in [0, 0.05) is 48.4 Å². The molecule has 10 heteroatoms. The smallest absolute Gasteiger partial charge is 0.396 e. The normalized spacial score (nSPS) is 16.3. The average molecular weight is 377 g/mol. The molecule has 7 nitrogen and oxygen atoms in total. The first-order chi connectivity index (χ1) is 12.8. The Morgan fingerprint density at radius 2 is 2.04 bits per heavy atom. The van der Waals surface area contributed by atoms with Crippen LogP contribution in [0.15, 0.2) is 24.7 Å². The average Bonchev–Trinajstić information content (AvgIpc) is 2.97. The number of anilines is 2. The van der Waals surface area contributed by atoms with Crippen LogP contribution in [0.5, 0.6) is 0 Å². The Kier molecular flexibility index (Phi) is 4.14. The molecule has 27 heavy (non-hydrogen) atoms. The minimum atomic E-state index is -4.48. The van der Waals surface area contributed by atoms with E-state index in [0.717, 1.165) is 25.4 Å². The summed E-state index contributed by atoms with van der Waals surface area (Å²) in [6, 6.07) is 1.20. The Bertz CT molecular complexity index is 978. The van der Waals surface area contributed by atoms with Crippen LogP contribution < -0.4 is 16.4 Å². The Morgan fingerprint density at radius 3 is 2.70 bits per heavy atom. The minimum absolute atomic E-state index is 0.157. The fourth-order valence-electron chi connectivity index (χ4n) is 3.02. The second kappa shape index (κ2) is 6.38. The summed E-state index contributed by atoms with van der Waals surface area (Å²) >= 11 is 0. The Morgan fingerprint density at radius 1 is 1.26 bits per heavy atom. The number of nitrogen functional groups attached to an aromatic ring is 1. The summed E-state index contributed by atoms with van der Waals surface area (Å²) in [7, 11) is 0. The number of hydrogen-bond acceptors (Lipinski definition) is 6. The summed E-state index contributed by atoms with van der Waals surface area (Å²) in [5.41, 5.74) is 6.59. The summed E-state index contributed by atoms with van der Waals surface area (Å²) < 4.78 is 39.1. The van der Waals surface area contributed by atoms with Crippen molar-refractivity contribution >= 4 is 22.7 Å². The first kappa shape index (κ1) is 17.5. The number of alkyl halides is 3. The number of aromatic nitrogens is 4. The highest BCUT2D eigenvalue weighted by molar-refractivity contribution is 5.95. The molecule has 4 rings (SSSR count). The first-order valence-corrected chi connectivity index (χ1v) is 8.47. The Labute approximate surface area is 152 Å². The van der Waals surface area contributed by atoms with Gasteiger partial charge in [-0.15, -0.1) is 0 Å². The fourth-order valence-corrected chi connectivity index (χ4v) is 3.02. The van der Waals surface area contributed by atoms with Gasteiger partial charge >= 0.3 is 6.18 Å². The lowest BCUT2D eigenvalue weighted by molar-refractivity contribution is -0.137. The fraction of sp³-hybridized carbons (Fsp3) is 0.353. The van der Waals surface area contributed by atoms with Crippen molar-refractivity contribution in [1.82, 2.24) is 25.3 Å². The van der Waals surface area contributed by atoms with E-state index in [-0.39, 0.29) is 11.7 Å². The maximum atomic E-state index is 13.0. The summed E-state index contributed by atoms with van der Waals surface area (Å²) in [5, 5.41) is 6.74. The maximum absolute atomic E-state index is 13.0. The molecule has 1 fully saturated rings. The van der Waals surface area contributed by atoms with Gasteiger partial charge in [-0.2, -0.15) is 13.2 Å². The van der Waals surface area contributed by atoms with Crippen LogP contribution in [-0.4, -0.2) is 39.1 Å². The molecule has 0 saturated carbocycles. The molecule has 142 valence electrons. The highest BCUT2D eigenvalue weighted by Gasteiger charge is 2.31. The van der Waals surface area contributed by atoms with Crippen molar-refractivity contribution in [2.75, 3.05) is 24.1 Å². The Balaban J connectivity index is 1.73. The van der Waals surface area contributed by atoms with Crippen molar-refractivity contribution < 1.29 is 13.2 Å². The molecule has 0 spiro atoms. The van der Waals surface area contributed by atoms with Crippen molar-refractivity contribution in [3.8, 4) is 11.3 Å². The summed E-state index contributed by atoms with van der Waals surface area (Å²) in [6.45, 7) is 3.88. The molecule has 0 radical (unpaired) electrons. The van der Waals surface area contributed by atoms with Gasteiger partial charge in [0.25, 0.3) is 0 Å². The van der Waals surface area contributed by atoms with E-state index in [1.165, 1.54) is 6.20 Å². The summed E-state index contributed by atoms with van der Waals surface area (Å²) in [4.78, 5) is 15.4. The molecule has 0 amide bonds. The van der Waals surface area contributed by atoms with Crippen LogP contribution in [0.2, 0.25) is 0 Å². The first-order valence-electron chi connectivity index (χ1n) is 8.47. The largest absolute Gasteiger partial charge is 0.417 e. The van der Waals surface area contributed by atoms with Crippen LogP contribution in [0.3, 0.4) is 0 Å². The molecule has 0 bridgehead atoms. The third-order valence-corrected chi connectivity index (χ3v) is 4.81. The standard InChI is InChI=1S/C17H18F3N7/c1-8(9-3-22-4-9)26-16-25-7-13(21)14(27-16)12-6-24-15-11(12)2-10(5-23-15)17(18,19)20/h2,5-9,22H,3-4,21H2,1H3,(H,23,24)(H,25,26,27). The SMILES string of the molecule is CC(Nc1ncc(N)c(-c2c[nH]c3ncc(C(F)(F)F)cc23)n1)C1CNC1. The van der Waals surface area contributed by atoms with Crippen molar-refractivity contribution in [3.05, 3.63) is 30.2 Å². The molecular weight excluding hydrogens is 359 g/mol. The van der Waals surface area contributed by atoms with Gasteiger partial charge < -0.3 is 21.4 Å². The van der Waals surface area contributed by atoms with Crippen LogP contribution in [0.4, 0.5) is 24.8 Å². The molecule has 1 aliphatic heterocycles. The molecule has 5 N–H and O–H groups in total. The van der Waals surface area contributed by atoms with Gasteiger partial charge in [-0.25, -0.2) is 15.0 Å². The molecule has 1 aliphatic rings. The predicted molar refractivity (Wildman–Crippen MR) is 96.0 cm³/mol. The number of pyridine rings is 1. The second-order valence-corrected chi connectivity index (χ2v) is 6.67. The highest BCUT2D eigenvalue weighted by Crippen LogP contribution is 2.35. The maximum Gasteiger partial charge on any atom is 0.417 e. The molecule has 0 aromatic carbocycles. The van der Waals surface area contributed by atoms with Crippen molar-refractivity contribution in [2.45, 2.75) is 19.1 Å². The molecule has 1 atom stereocenters. The zero-order valence-corrected chi connectivity index (χ0v) is 14.4. The van der Waals surface area contributed by atoms with Crippen LogP contribution in [-0.2, 0) is 6.18 Å². The van der Waals surface area contributed by atoms with Crippen LogP contribution in [0.25, 0.3) is 22.3 Å². The number of hydrogen-bond donors (Lipinski definition) is 4. The summed E-state index contributed by atoms with van der Waals surface area (Å²) in [5.74, 6) is 0.856. The van der Waals surface area contributed by atoms with Gasteiger partial charge in [-0.1, -0.05) is 0 Å². The number of nitrogens with one attached hydrogen (secondary N) is 3. The monoisotopic (exact) mass is 377 g/mol. The number of fused-ring (bicyclic) bond motifs is 1. The summed E-state index contributed by atoms with van der Waals surface area (Å²) in [6.07, 6.45) is -0.672. The minimum Gasteiger partial charge on any atom is -0.396 e. The number of nitrogens with two attached hydrogens (primary N) is 1.